The average molecular weight is 576 g/mol. The number of para-hydroxylation sites is 1. The van der Waals surface area contributed by atoms with Crippen LogP contribution in [0.3, 0.4) is 0 Å². The van der Waals surface area contributed by atoms with Crippen LogP contribution in [0.25, 0.3) is 11.3 Å². The van der Waals surface area contributed by atoms with Crippen molar-refractivity contribution in [1.82, 2.24) is 8.87 Å². The van der Waals surface area contributed by atoms with Crippen LogP contribution < -0.4 is 4.80 Å². The summed E-state index contributed by atoms with van der Waals surface area (Å²) in [4.78, 5) is 18.1. The first-order valence-electron chi connectivity index (χ1n) is 13.5. The highest BCUT2D eigenvalue weighted by Gasteiger charge is 2.33. The van der Waals surface area contributed by atoms with E-state index in [1.807, 2.05) is 41.8 Å². The Kier molecular flexibility index (Phi) is 8.63. The van der Waals surface area contributed by atoms with Gasteiger partial charge < -0.3 is 9.30 Å². The maximum atomic E-state index is 13.6. The first-order chi connectivity index (χ1) is 19.3. The van der Waals surface area contributed by atoms with E-state index in [9.17, 15) is 13.2 Å². The smallest absolute Gasteiger partial charge is 0.309 e. The van der Waals surface area contributed by atoms with Gasteiger partial charge in [0.15, 0.2) is 4.80 Å². The Balaban J connectivity index is 1.47. The largest absolute Gasteiger partial charge is 0.466 e. The Morgan fingerprint density at radius 1 is 1.00 bits per heavy atom. The minimum absolute atomic E-state index is 0.242. The third kappa shape index (κ3) is 6.27. The molecule has 40 heavy (non-hydrogen) atoms. The van der Waals surface area contributed by atoms with Crippen molar-refractivity contribution in [3.8, 4) is 11.3 Å². The first-order valence-corrected chi connectivity index (χ1v) is 15.8. The fourth-order valence-corrected chi connectivity index (χ4v) is 7.29. The van der Waals surface area contributed by atoms with Gasteiger partial charge in [0.25, 0.3) is 0 Å². The highest BCUT2D eigenvalue weighted by Crippen LogP contribution is 2.29. The summed E-state index contributed by atoms with van der Waals surface area (Å²) in [5.41, 5.74) is 4.89. The number of esters is 1. The van der Waals surface area contributed by atoms with Crippen LogP contribution in [0.4, 0.5) is 5.69 Å². The normalized spacial score (nSPS) is 15.3. The number of hydrogen-bond donors (Lipinski definition) is 0. The van der Waals surface area contributed by atoms with Crippen LogP contribution in [-0.4, -0.2) is 43.0 Å². The fourth-order valence-electron chi connectivity index (χ4n) is 4.85. The first kappa shape index (κ1) is 28.0. The predicted octanol–water partition coefficient (Wildman–Crippen LogP) is 5.77. The fraction of sp³-hybridized carbons (Fsp3) is 0.290. The summed E-state index contributed by atoms with van der Waals surface area (Å²) >= 11 is 1.53. The molecule has 1 saturated heterocycles. The Morgan fingerprint density at radius 2 is 1.73 bits per heavy atom. The number of sulfonamides is 1. The second kappa shape index (κ2) is 12.3. The highest BCUT2D eigenvalue weighted by atomic mass is 32.2. The van der Waals surface area contributed by atoms with E-state index in [1.54, 1.807) is 25.1 Å². The van der Waals surface area contributed by atoms with Crippen LogP contribution in [0.1, 0.15) is 30.9 Å². The van der Waals surface area contributed by atoms with Crippen molar-refractivity contribution in [2.75, 3.05) is 19.7 Å². The van der Waals surface area contributed by atoms with E-state index < -0.39 is 10.0 Å². The van der Waals surface area contributed by atoms with Crippen LogP contribution in [0.2, 0.25) is 0 Å². The quantitative estimate of drug-likeness (QED) is 0.250. The molecule has 1 aromatic heterocycles. The second-order valence-electron chi connectivity index (χ2n) is 9.88. The van der Waals surface area contributed by atoms with Gasteiger partial charge in [0, 0.05) is 24.0 Å². The summed E-state index contributed by atoms with van der Waals surface area (Å²) < 4.78 is 36.0. The van der Waals surface area contributed by atoms with Gasteiger partial charge in [-0.15, -0.1) is 11.3 Å². The van der Waals surface area contributed by atoms with Crippen molar-refractivity contribution in [3.63, 3.8) is 0 Å². The molecule has 0 aliphatic carbocycles. The summed E-state index contributed by atoms with van der Waals surface area (Å²) in [6, 6.07) is 25.3. The summed E-state index contributed by atoms with van der Waals surface area (Å²) in [6.07, 6.45) is 0.923. The zero-order chi connectivity index (χ0) is 28.1. The Bertz CT molecular complexity index is 1630. The SMILES string of the molecule is CCOC(=O)C1CCN(S(=O)(=O)c2cccc(-c3csc(=Nc4ccccc4)n3Cc3ccc(C)cc3)c2)CC1. The molecule has 1 aliphatic heterocycles. The van der Waals surface area contributed by atoms with Crippen molar-refractivity contribution in [2.24, 2.45) is 10.9 Å². The second-order valence-corrected chi connectivity index (χ2v) is 12.7. The molecule has 5 rings (SSSR count). The molecule has 9 heteroatoms. The number of rotatable bonds is 8. The predicted molar refractivity (Wildman–Crippen MR) is 158 cm³/mol. The van der Waals surface area contributed by atoms with Gasteiger partial charge in [-0.25, -0.2) is 13.4 Å². The molecule has 0 amide bonds. The van der Waals surface area contributed by atoms with Crippen molar-refractivity contribution < 1.29 is 17.9 Å². The highest BCUT2D eigenvalue weighted by molar-refractivity contribution is 7.89. The van der Waals surface area contributed by atoms with E-state index in [0.29, 0.717) is 39.1 Å². The van der Waals surface area contributed by atoms with Crippen LogP contribution in [-0.2, 0) is 26.1 Å². The number of piperidine rings is 1. The maximum Gasteiger partial charge on any atom is 0.309 e. The molecular weight excluding hydrogens is 542 g/mol. The molecule has 0 saturated carbocycles. The minimum atomic E-state index is -3.72. The number of benzene rings is 3. The molecule has 208 valence electrons. The van der Waals surface area contributed by atoms with Gasteiger partial charge in [0.2, 0.25) is 10.0 Å². The number of hydrogen-bond acceptors (Lipinski definition) is 6. The van der Waals surface area contributed by atoms with Gasteiger partial charge >= 0.3 is 5.97 Å². The Hall–Kier alpha value is -3.53. The van der Waals surface area contributed by atoms with Crippen molar-refractivity contribution in [3.05, 3.63) is 100 Å². The Labute approximate surface area is 239 Å². The maximum absolute atomic E-state index is 13.6. The number of nitrogens with zero attached hydrogens (tertiary/aromatic N) is 3. The molecule has 0 spiro atoms. The van der Waals surface area contributed by atoms with E-state index in [0.717, 1.165) is 27.3 Å². The molecule has 7 nitrogen and oxygen atoms in total. The van der Waals surface area contributed by atoms with E-state index in [-0.39, 0.29) is 16.8 Å². The molecule has 0 N–H and O–H groups in total. The summed E-state index contributed by atoms with van der Waals surface area (Å²) in [6.45, 7) is 5.36. The number of carbonyl (C=O) groups is 1. The zero-order valence-corrected chi connectivity index (χ0v) is 24.3. The molecule has 0 atom stereocenters. The van der Waals surface area contributed by atoms with E-state index in [1.165, 1.54) is 21.2 Å². The molecule has 2 heterocycles. The van der Waals surface area contributed by atoms with Crippen LogP contribution in [0.15, 0.2) is 94.1 Å². The topological polar surface area (TPSA) is 81.0 Å². The molecule has 0 bridgehead atoms. The van der Waals surface area contributed by atoms with Crippen molar-refractivity contribution in [1.29, 1.82) is 0 Å². The van der Waals surface area contributed by atoms with Gasteiger partial charge in [-0.05, 0) is 56.5 Å². The standard InChI is InChI=1S/C31H33N3O4S2/c1-3-38-30(35)25-16-18-33(19-17-25)40(36,37)28-11-7-8-26(20-28)29-22-39-31(32-27-9-5-4-6-10-27)34(29)21-24-14-12-23(2)13-15-24/h4-15,20,22,25H,3,16-19,21H2,1-2H3. The van der Waals surface area contributed by atoms with E-state index >= 15 is 0 Å². The van der Waals surface area contributed by atoms with E-state index in [4.69, 9.17) is 9.73 Å². The lowest BCUT2D eigenvalue weighted by Crippen LogP contribution is -2.40. The van der Waals surface area contributed by atoms with Crippen molar-refractivity contribution in [2.45, 2.75) is 38.1 Å². The third-order valence-electron chi connectivity index (χ3n) is 7.08. The number of ether oxygens (including phenoxy) is 1. The molecule has 1 fully saturated rings. The van der Waals surface area contributed by atoms with Gasteiger partial charge in [-0.3, -0.25) is 4.79 Å². The average Bonchev–Trinajstić information content (AvgIpc) is 3.36. The number of aromatic nitrogens is 1. The molecule has 3 aromatic carbocycles. The molecule has 0 radical (unpaired) electrons. The lowest BCUT2D eigenvalue weighted by molar-refractivity contribution is -0.149. The number of thiazole rings is 1. The molecule has 0 unspecified atom stereocenters. The Morgan fingerprint density at radius 3 is 2.42 bits per heavy atom. The number of aryl methyl sites for hydroxylation is 1. The van der Waals surface area contributed by atoms with E-state index in [2.05, 4.69) is 35.8 Å². The third-order valence-corrected chi connectivity index (χ3v) is 9.84. The summed E-state index contributed by atoms with van der Waals surface area (Å²) in [7, 11) is -3.72. The molecular formula is C31H33N3O4S2. The van der Waals surface area contributed by atoms with Crippen LogP contribution in [0, 0.1) is 12.8 Å². The molecule has 1 aliphatic rings. The lowest BCUT2D eigenvalue weighted by Gasteiger charge is -2.30. The van der Waals surface area contributed by atoms with Gasteiger partial charge in [0.05, 0.1) is 35.3 Å². The van der Waals surface area contributed by atoms with Crippen LogP contribution >= 0.6 is 11.3 Å². The van der Waals surface area contributed by atoms with Gasteiger partial charge in [-0.2, -0.15) is 4.31 Å². The summed E-state index contributed by atoms with van der Waals surface area (Å²) in [5.74, 6) is -0.495. The number of carbonyl (C=O) groups excluding carboxylic acids is 1. The van der Waals surface area contributed by atoms with Crippen molar-refractivity contribution >= 4 is 33.0 Å². The zero-order valence-electron chi connectivity index (χ0n) is 22.7. The molecule has 4 aromatic rings. The lowest BCUT2D eigenvalue weighted by atomic mass is 9.98. The van der Waals surface area contributed by atoms with Crippen LogP contribution in [0.5, 0.6) is 0 Å². The summed E-state index contributed by atoms with van der Waals surface area (Å²) in [5, 5.41) is 2.03. The van der Waals surface area contributed by atoms with Gasteiger partial charge in [0.1, 0.15) is 0 Å². The van der Waals surface area contributed by atoms with Gasteiger partial charge in [-0.1, -0.05) is 60.2 Å². The monoisotopic (exact) mass is 575 g/mol. The minimum Gasteiger partial charge on any atom is -0.466 e.